The molecule has 0 saturated carbocycles. The summed E-state index contributed by atoms with van der Waals surface area (Å²) in [5.74, 6) is -2.52. The lowest BCUT2D eigenvalue weighted by atomic mass is 10.2. The number of fused-ring (bicyclic) bond motifs is 1. The fourth-order valence-electron chi connectivity index (χ4n) is 2.84. The Balaban J connectivity index is 2.13. The van der Waals surface area contributed by atoms with Crippen molar-refractivity contribution in [1.82, 2.24) is 4.57 Å². The van der Waals surface area contributed by atoms with Gasteiger partial charge < -0.3 is 14.4 Å². The van der Waals surface area contributed by atoms with E-state index < -0.39 is 30.0 Å². The number of nitrogens with zero attached hydrogens (tertiary/aromatic N) is 2. The number of carboxylic acids is 1. The molecule has 30 heavy (non-hydrogen) atoms. The van der Waals surface area contributed by atoms with E-state index >= 15 is 0 Å². The second-order valence-corrected chi connectivity index (χ2v) is 7.57. The quantitative estimate of drug-likeness (QED) is 0.581. The van der Waals surface area contributed by atoms with Crippen LogP contribution in [0, 0.1) is 0 Å². The molecule has 1 unspecified atom stereocenters. The van der Waals surface area contributed by atoms with Crippen LogP contribution in [0.2, 0.25) is 5.02 Å². The zero-order valence-corrected chi connectivity index (χ0v) is 16.9. The predicted octanol–water partition coefficient (Wildman–Crippen LogP) is 5.03. The fourth-order valence-corrected chi connectivity index (χ4v) is 4.05. The monoisotopic (exact) mass is 458 g/mol. The van der Waals surface area contributed by atoms with Crippen LogP contribution >= 0.6 is 22.9 Å². The number of rotatable bonds is 5. The van der Waals surface area contributed by atoms with Gasteiger partial charge in [-0.3, -0.25) is 4.79 Å². The third-order valence-corrected chi connectivity index (χ3v) is 5.35. The van der Waals surface area contributed by atoms with Crippen LogP contribution in [-0.4, -0.2) is 27.9 Å². The molecule has 2 aromatic carbocycles. The first-order chi connectivity index (χ1) is 14.1. The van der Waals surface area contributed by atoms with Crippen LogP contribution < -0.4 is 9.54 Å². The van der Waals surface area contributed by atoms with Crippen LogP contribution in [0.25, 0.3) is 10.2 Å². The smallest absolute Gasteiger partial charge is 0.480 e. The highest BCUT2D eigenvalue weighted by molar-refractivity contribution is 7.16. The van der Waals surface area contributed by atoms with Gasteiger partial charge in [-0.2, -0.15) is 4.99 Å². The Morgan fingerprint density at radius 2 is 2.00 bits per heavy atom. The maximum absolute atomic E-state index is 12.6. The standard InChI is InChI=1S/C19H14ClF3N2O4S/c1-2-13(17(27)28)25-14-9-11(20)6-7-15(14)30-18(25)24-16(26)10-4-3-5-12(8-10)29-19(21,22)23/h3-9,13H,2H2,1H3,(H,27,28). The fraction of sp³-hybridized carbons (Fsp3) is 0.211. The molecule has 158 valence electrons. The molecule has 1 atom stereocenters. The summed E-state index contributed by atoms with van der Waals surface area (Å²) >= 11 is 7.11. The van der Waals surface area contributed by atoms with Crippen molar-refractivity contribution < 1.29 is 32.6 Å². The predicted molar refractivity (Wildman–Crippen MR) is 105 cm³/mol. The summed E-state index contributed by atoms with van der Waals surface area (Å²) in [6.07, 6.45) is -4.69. The molecule has 1 heterocycles. The molecule has 3 rings (SSSR count). The second kappa shape index (κ2) is 8.49. The van der Waals surface area contributed by atoms with Gasteiger partial charge in [0.05, 0.1) is 10.2 Å². The molecule has 0 aliphatic heterocycles. The molecule has 0 spiro atoms. The van der Waals surface area contributed by atoms with E-state index in [1.165, 1.54) is 16.7 Å². The minimum Gasteiger partial charge on any atom is -0.480 e. The lowest BCUT2D eigenvalue weighted by Crippen LogP contribution is -2.27. The first-order valence-electron chi connectivity index (χ1n) is 8.57. The van der Waals surface area contributed by atoms with Crippen LogP contribution in [-0.2, 0) is 4.79 Å². The molecular weight excluding hydrogens is 445 g/mol. The van der Waals surface area contributed by atoms with Crippen molar-refractivity contribution >= 4 is 45.0 Å². The SMILES string of the molecule is CCC(C(=O)O)n1c(=NC(=O)c2cccc(OC(F)(F)F)c2)sc2ccc(Cl)cc21. The molecule has 0 saturated heterocycles. The number of carbonyl (C=O) groups excluding carboxylic acids is 1. The van der Waals surface area contributed by atoms with E-state index in [2.05, 4.69) is 9.73 Å². The molecule has 0 aliphatic rings. The molecule has 3 aromatic rings. The van der Waals surface area contributed by atoms with Crippen LogP contribution in [0.5, 0.6) is 5.75 Å². The first kappa shape index (κ1) is 21.8. The van der Waals surface area contributed by atoms with Crippen molar-refractivity contribution in [1.29, 1.82) is 0 Å². The van der Waals surface area contributed by atoms with Gasteiger partial charge in [-0.05, 0) is 42.8 Å². The van der Waals surface area contributed by atoms with Crippen molar-refractivity contribution in [2.75, 3.05) is 0 Å². The van der Waals surface area contributed by atoms with Gasteiger partial charge >= 0.3 is 12.3 Å². The van der Waals surface area contributed by atoms with Crippen molar-refractivity contribution in [3.05, 3.63) is 57.9 Å². The van der Waals surface area contributed by atoms with Gasteiger partial charge in [0.25, 0.3) is 5.91 Å². The number of carbonyl (C=O) groups is 2. The molecule has 6 nitrogen and oxygen atoms in total. The van der Waals surface area contributed by atoms with Crippen molar-refractivity contribution in [2.45, 2.75) is 25.7 Å². The van der Waals surface area contributed by atoms with Gasteiger partial charge in [-0.15, -0.1) is 13.2 Å². The molecule has 1 N–H and O–H groups in total. The Morgan fingerprint density at radius 3 is 2.63 bits per heavy atom. The third kappa shape index (κ3) is 4.82. The molecule has 11 heteroatoms. The summed E-state index contributed by atoms with van der Waals surface area (Å²) in [4.78, 5) is 28.4. The second-order valence-electron chi connectivity index (χ2n) is 6.12. The van der Waals surface area contributed by atoms with E-state index in [0.29, 0.717) is 15.2 Å². The average molecular weight is 459 g/mol. The van der Waals surface area contributed by atoms with Crippen molar-refractivity contribution in [2.24, 2.45) is 4.99 Å². The Morgan fingerprint density at radius 1 is 1.27 bits per heavy atom. The zero-order valence-electron chi connectivity index (χ0n) is 15.3. The lowest BCUT2D eigenvalue weighted by molar-refractivity contribution is -0.274. The summed E-state index contributed by atoms with van der Waals surface area (Å²) in [6, 6.07) is 8.35. The Bertz CT molecular complexity index is 1190. The number of aliphatic carboxylic acids is 1. The number of ether oxygens (including phenoxy) is 1. The van der Waals surface area contributed by atoms with Gasteiger partial charge in [0.2, 0.25) is 0 Å². The van der Waals surface area contributed by atoms with Gasteiger partial charge in [-0.1, -0.05) is 35.9 Å². The van der Waals surface area contributed by atoms with Crippen molar-refractivity contribution in [3.8, 4) is 5.75 Å². The van der Waals surface area contributed by atoms with Gasteiger partial charge in [0.15, 0.2) is 4.80 Å². The van der Waals surface area contributed by atoms with Crippen LogP contribution in [0.4, 0.5) is 13.2 Å². The maximum Gasteiger partial charge on any atom is 0.573 e. The average Bonchev–Trinajstić information content (AvgIpc) is 2.98. The zero-order chi connectivity index (χ0) is 22.1. The van der Waals surface area contributed by atoms with E-state index in [1.54, 1.807) is 25.1 Å². The number of halogens is 4. The van der Waals surface area contributed by atoms with E-state index in [9.17, 15) is 27.9 Å². The summed E-state index contributed by atoms with van der Waals surface area (Å²) in [5, 5.41) is 9.97. The number of thiazole rings is 1. The highest BCUT2D eigenvalue weighted by Crippen LogP contribution is 2.26. The first-order valence-corrected chi connectivity index (χ1v) is 9.76. The Kier molecular flexibility index (Phi) is 6.18. The number of hydrogen-bond acceptors (Lipinski definition) is 4. The number of amides is 1. The summed E-state index contributed by atoms with van der Waals surface area (Å²) < 4.78 is 43.2. The third-order valence-electron chi connectivity index (χ3n) is 4.08. The molecule has 0 radical (unpaired) electrons. The van der Waals surface area contributed by atoms with E-state index in [0.717, 1.165) is 23.5 Å². The highest BCUT2D eigenvalue weighted by Gasteiger charge is 2.31. The largest absolute Gasteiger partial charge is 0.573 e. The number of carboxylic acid groups (broad SMARTS) is 1. The summed E-state index contributed by atoms with van der Waals surface area (Å²) in [7, 11) is 0. The van der Waals surface area contributed by atoms with Crippen LogP contribution in [0.15, 0.2) is 47.5 Å². The number of aromatic nitrogens is 1. The Labute approximate surface area is 176 Å². The van der Waals surface area contributed by atoms with E-state index in [1.807, 2.05) is 0 Å². The molecule has 0 bridgehead atoms. The van der Waals surface area contributed by atoms with Crippen LogP contribution in [0.1, 0.15) is 29.7 Å². The summed E-state index contributed by atoms with van der Waals surface area (Å²) in [6.45, 7) is 1.67. The van der Waals surface area contributed by atoms with Crippen molar-refractivity contribution in [3.63, 3.8) is 0 Å². The minimum absolute atomic E-state index is 0.0914. The number of benzene rings is 2. The normalized spacial score (nSPS) is 13.4. The van der Waals surface area contributed by atoms with Gasteiger partial charge in [-0.25, -0.2) is 4.79 Å². The molecule has 0 aliphatic carbocycles. The molecule has 1 amide bonds. The summed E-state index contributed by atoms with van der Waals surface area (Å²) in [5.41, 5.74) is 0.351. The van der Waals surface area contributed by atoms with Gasteiger partial charge in [0.1, 0.15) is 11.8 Å². The van der Waals surface area contributed by atoms with E-state index in [-0.39, 0.29) is 16.8 Å². The molecule has 1 aromatic heterocycles. The highest BCUT2D eigenvalue weighted by atomic mass is 35.5. The number of alkyl halides is 3. The minimum atomic E-state index is -4.90. The topological polar surface area (TPSA) is 80.9 Å². The lowest BCUT2D eigenvalue weighted by Gasteiger charge is -2.13. The Hall–Kier alpha value is -2.85. The molecular formula is C19H14ClF3N2O4S. The van der Waals surface area contributed by atoms with Crippen LogP contribution in [0.3, 0.4) is 0 Å². The van der Waals surface area contributed by atoms with E-state index in [4.69, 9.17) is 11.6 Å². The maximum atomic E-state index is 12.6. The molecule has 0 fully saturated rings. The number of hydrogen-bond donors (Lipinski definition) is 1. The van der Waals surface area contributed by atoms with Gasteiger partial charge in [0, 0.05) is 10.6 Å².